The number of carbonyl (C=O) groups is 2. The summed E-state index contributed by atoms with van der Waals surface area (Å²) in [6.45, 7) is 4.44. The van der Waals surface area contributed by atoms with Crippen LogP contribution in [-0.2, 0) is 20.9 Å². The number of methoxy groups -OCH3 is 1. The zero-order chi connectivity index (χ0) is 15.0. The highest BCUT2D eigenvalue weighted by Gasteiger charge is 2.35. The Morgan fingerprint density at radius 3 is 2.30 bits per heavy atom. The Kier molecular flexibility index (Phi) is 6.18. The lowest BCUT2D eigenvalue weighted by Crippen LogP contribution is -2.48. The molecule has 1 aromatic carbocycles. The standard InChI is InChI=1S/C15H22N2O3/c1-15(2,13(18)16-9-10-20-3)14(19)17-11-12-7-5-4-6-8-12/h4-8H,9-11H2,1-3H3,(H,16,18)(H,17,19). The average molecular weight is 278 g/mol. The highest BCUT2D eigenvalue weighted by Crippen LogP contribution is 2.15. The number of hydrogen-bond acceptors (Lipinski definition) is 3. The van der Waals surface area contributed by atoms with E-state index in [0.717, 1.165) is 5.56 Å². The first kappa shape index (κ1) is 16.2. The number of amides is 2. The van der Waals surface area contributed by atoms with Crippen LogP contribution >= 0.6 is 0 Å². The first-order valence-electron chi connectivity index (χ1n) is 6.58. The zero-order valence-corrected chi connectivity index (χ0v) is 12.2. The molecule has 0 saturated heterocycles. The Balaban J connectivity index is 2.49. The molecule has 110 valence electrons. The fourth-order valence-electron chi connectivity index (χ4n) is 1.59. The highest BCUT2D eigenvalue weighted by molar-refractivity contribution is 6.04. The van der Waals surface area contributed by atoms with Gasteiger partial charge >= 0.3 is 0 Å². The SMILES string of the molecule is COCCNC(=O)C(C)(C)C(=O)NCc1ccccc1. The highest BCUT2D eigenvalue weighted by atomic mass is 16.5. The molecule has 2 N–H and O–H groups in total. The van der Waals surface area contributed by atoms with Crippen molar-refractivity contribution in [2.45, 2.75) is 20.4 Å². The van der Waals surface area contributed by atoms with Gasteiger partial charge in [-0.1, -0.05) is 30.3 Å². The topological polar surface area (TPSA) is 67.4 Å². The fourth-order valence-corrected chi connectivity index (χ4v) is 1.59. The second kappa shape index (κ2) is 7.65. The quantitative estimate of drug-likeness (QED) is 0.579. The molecule has 0 spiro atoms. The van der Waals surface area contributed by atoms with Crippen molar-refractivity contribution in [2.24, 2.45) is 5.41 Å². The summed E-state index contributed by atoms with van der Waals surface area (Å²) in [6, 6.07) is 9.57. The largest absolute Gasteiger partial charge is 0.383 e. The molecule has 0 fully saturated rings. The lowest BCUT2D eigenvalue weighted by molar-refractivity contribution is -0.141. The summed E-state index contributed by atoms with van der Waals surface area (Å²) in [5.74, 6) is -0.601. The van der Waals surface area contributed by atoms with Crippen LogP contribution in [0.2, 0.25) is 0 Å². The minimum absolute atomic E-state index is 0.295. The molecule has 0 aliphatic carbocycles. The minimum Gasteiger partial charge on any atom is -0.383 e. The van der Waals surface area contributed by atoms with Gasteiger partial charge in [-0.25, -0.2) is 0 Å². The maximum absolute atomic E-state index is 12.1. The van der Waals surface area contributed by atoms with Crippen LogP contribution in [0.3, 0.4) is 0 Å². The first-order valence-corrected chi connectivity index (χ1v) is 6.58. The molecule has 0 heterocycles. The van der Waals surface area contributed by atoms with Crippen molar-refractivity contribution >= 4 is 11.8 Å². The summed E-state index contributed by atoms with van der Waals surface area (Å²) < 4.78 is 4.86. The molecule has 0 aliphatic heterocycles. The number of ether oxygens (including phenoxy) is 1. The van der Waals surface area contributed by atoms with E-state index in [-0.39, 0.29) is 11.8 Å². The monoisotopic (exact) mass is 278 g/mol. The lowest BCUT2D eigenvalue weighted by Gasteiger charge is -2.22. The van der Waals surface area contributed by atoms with E-state index in [2.05, 4.69) is 10.6 Å². The first-order chi connectivity index (χ1) is 9.48. The van der Waals surface area contributed by atoms with Crippen LogP contribution in [0, 0.1) is 5.41 Å². The number of rotatable bonds is 7. The van der Waals surface area contributed by atoms with E-state index in [4.69, 9.17) is 4.74 Å². The second-order valence-electron chi connectivity index (χ2n) is 5.04. The van der Waals surface area contributed by atoms with E-state index < -0.39 is 5.41 Å². The van der Waals surface area contributed by atoms with Crippen LogP contribution in [0.15, 0.2) is 30.3 Å². The number of hydrogen-bond donors (Lipinski definition) is 2. The Morgan fingerprint density at radius 1 is 1.10 bits per heavy atom. The van der Waals surface area contributed by atoms with Gasteiger partial charge in [0.25, 0.3) is 0 Å². The third kappa shape index (κ3) is 4.66. The van der Waals surface area contributed by atoms with Gasteiger partial charge < -0.3 is 15.4 Å². The Labute approximate surface area is 119 Å². The fraction of sp³-hybridized carbons (Fsp3) is 0.467. The minimum atomic E-state index is -1.11. The molecule has 0 bridgehead atoms. The van der Waals surface area contributed by atoms with Gasteiger partial charge in [-0.05, 0) is 19.4 Å². The van der Waals surface area contributed by atoms with Gasteiger partial charge in [-0.15, -0.1) is 0 Å². The molecule has 1 rings (SSSR count). The molecular weight excluding hydrogens is 256 g/mol. The van der Waals surface area contributed by atoms with Gasteiger partial charge in [0.05, 0.1) is 6.61 Å². The van der Waals surface area contributed by atoms with Crippen molar-refractivity contribution < 1.29 is 14.3 Å². The van der Waals surface area contributed by atoms with E-state index in [1.807, 2.05) is 30.3 Å². The van der Waals surface area contributed by atoms with E-state index in [1.54, 1.807) is 21.0 Å². The molecule has 0 aliphatic rings. The summed E-state index contributed by atoms with van der Waals surface area (Å²) in [5.41, 5.74) is -0.112. The summed E-state index contributed by atoms with van der Waals surface area (Å²) in [6.07, 6.45) is 0. The summed E-state index contributed by atoms with van der Waals surface area (Å²) in [5, 5.41) is 5.46. The molecule has 0 aromatic heterocycles. The van der Waals surface area contributed by atoms with Gasteiger partial charge in [-0.2, -0.15) is 0 Å². The third-order valence-electron chi connectivity index (χ3n) is 3.02. The Hall–Kier alpha value is -1.88. The molecule has 0 radical (unpaired) electrons. The van der Waals surface area contributed by atoms with Crippen molar-refractivity contribution in [3.8, 4) is 0 Å². The van der Waals surface area contributed by atoms with Gasteiger partial charge in [0, 0.05) is 20.2 Å². The van der Waals surface area contributed by atoms with E-state index in [1.165, 1.54) is 0 Å². The zero-order valence-electron chi connectivity index (χ0n) is 12.2. The maximum atomic E-state index is 12.1. The van der Waals surface area contributed by atoms with Crippen LogP contribution in [0.1, 0.15) is 19.4 Å². The van der Waals surface area contributed by atoms with Crippen molar-refractivity contribution in [3.05, 3.63) is 35.9 Å². The Bertz CT molecular complexity index is 444. The van der Waals surface area contributed by atoms with Crippen molar-refractivity contribution in [3.63, 3.8) is 0 Å². The van der Waals surface area contributed by atoms with Crippen molar-refractivity contribution in [2.75, 3.05) is 20.3 Å². The normalized spacial score (nSPS) is 10.9. The van der Waals surface area contributed by atoms with Crippen molar-refractivity contribution in [1.82, 2.24) is 10.6 Å². The molecule has 1 aromatic rings. The van der Waals surface area contributed by atoms with Crippen LogP contribution in [0.4, 0.5) is 0 Å². The second-order valence-corrected chi connectivity index (χ2v) is 5.04. The van der Waals surface area contributed by atoms with Gasteiger partial charge in [0.15, 0.2) is 0 Å². The molecule has 0 atom stereocenters. The molecular formula is C15H22N2O3. The Morgan fingerprint density at radius 2 is 1.70 bits per heavy atom. The average Bonchev–Trinajstić information content (AvgIpc) is 2.45. The van der Waals surface area contributed by atoms with Crippen LogP contribution in [0.25, 0.3) is 0 Å². The van der Waals surface area contributed by atoms with Gasteiger partial charge in [0.1, 0.15) is 5.41 Å². The van der Waals surface area contributed by atoms with Gasteiger partial charge in [-0.3, -0.25) is 9.59 Å². The van der Waals surface area contributed by atoms with Crippen LogP contribution in [-0.4, -0.2) is 32.1 Å². The molecule has 0 unspecified atom stereocenters. The van der Waals surface area contributed by atoms with Crippen LogP contribution in [0.5, 0.6) is 0 Å². The third-order valence-corrected chi connectivity index (χ3v) is 3.02. The summed E-state index contributed by atoms with van der Waals surface area (Å²) >= 11 is 0. The smallest absolute Gasteiger partial charge is 0.235 e. The molecule has 20 heavy (non-hydrogen) atoms. The molecule has 5 heteroatoms. The number of nitrogens with one attached hydrogen (secondary N) is 2. The number of benzene rings is 1. The van der Waals surface area contributed by atoms with Gasteiger partial charge in [0.2, 0.25) is 11.8 Å². The molecule has 5 nitrogen and oxygen atoms in total. The van der Waals surface area contributed by atoms with E-state index in [9.17, 15) is 9.59 Å². The van der Waals surface area contributed by atoms with Crippen LogP contribution < -0.4 is 10.6 Å². The lowest BCUT2D eigenvalue weighted by atomic mass is 9.91. The predicted octanol–water partition coefficient (Wildman–Crippen LogP) is 1.09. The van der Waals surface area contributed by atoms with Crippen molar-refractivity contribution in [1.29, 1.82) is 0 Å². The molecule has 0 saturated carbocycles. The predicted molar refractivity (Wildman–Crippen MR) is 77.0 cm³/mol. The summed E-state index contributed by atoms with van der Waals surface area (Å²) in [7, 11) is 1.56. The maximum Gasteiger partial charge on any atom is 0.235 e. The molecule has 2 amide bonds. The van der Waals surface area contributed by atoms with E-state index in [0.29, 0.717) is 19.7 Å². The van der Waals surface area contributed by atoms with E-state index >= 15 is 0 Å². The summed E-state index contributed by atoms with van der Waals surface area (Å²) in [4.78, 5) is 24.1. The number of carbonyl (C=O) groups excluding carboxylic acids is 2.